The minimum Gasteiger partial charge on any atom is -0.379 e. The predicted octanol–water partition coefficient (Wildman–Crippen LogP) is 5.08. The van der Waals surface area contributed by atoms with Gasteiger partial charge >= 0.3 is 0 Å². The van der Waals surface area contributed by atoms with Gasteiger partial charge < -0.3 is 56.8 Å². The molecular weight excluding hydrogens is 643 g/mol. The van der Waals surface area contributed by atoms with Crippen LogP contribution in [0.5, 0.6) is 0 Å². The molecule has 0 spiro atoms. The minimum absolute atomic E-state index is 0.115. The third kappa shape index (κ3) is 47.5. The summed E-state index contributed by atoms with van der Waals surface area (Å²) in [6, 6.07) is 0. The lowest BCUT2D eigenvalue weighted by atomic mass is 10.1. The first kappa shape index (κ1) is 48.5. The average Bonchev–Trinajstić information content (AvgIpc) is 3.11. The molecule has 0 saturated carbocycles. The molecule has 0 unspecified atom stereocenters. The highest BCUT2D eigenvalue weighted by atomic mass is 19.1. The number of rotatable bonds is 46. The number of ether oxygens (including phenoxy) is 12. The molecule has 0 aliphatic rings. The quantitative estimate of drug-likeness (QED) is 0.0785. The highest BCUT2D eigenvalue weighted by molar-refractivity contribution is 4.47. The molecule has 0 radical (unpaired) electrons. The molecule has 0 saturated heterocycles. The van der Waals surface area contributed by atoms with Gasteiger partial charge in [0, 0.05) is 6.61 Å². The van der Waals surface area contributed by atoms with E-state index in [0.717, 1.165) is 13.0 Å². The second kappa shape index (κ2) is 47.4. The SMILES string of the molecule is CCCCCCCCCCCCOCCOCCOCCOCCOCCOCCOCCOCCOCCOCCOCCOCCF. The maximum absolute atomic E-state index is 11.8. The molecule has 0 atom stereocenters. The van der Waals surface area contributed by atoms with Gasteiger partial charge in [0.15, 0.2) is 0 Å². The summed E-state index contributed by atoms with van der Waals surface area (Å²) in [6.07, 6.45) is 13.4. The highest BCUT2D eigenvalue weighted by Gasteiger charge is 1.97. The molecule has 0 aliphatic heterocycles. The van der Waals surface area contributed by atoms with Gasteiger partial charge in [-0.3, -0.25) is 0 Å². The van der Waals surface area contributed by atoms with Crippen molar-refractivity contribution in [2.75, 3.05) is 165 Å². The largest absolute Gasteiger partial charge is 0.379 e. The number of alkyl halides is 1. The summed E-state index contributed by atoms with van der Waals surface area (Å²) in [5.41, 5.74) is 0. The van der Waals surface area contributed by atoms with Gasteiger partial charge in [-0.15, -0.1) is 0 Å². The van der Waals surface area contributed by atoms with Gasteiger partial charge in [-0.25, -0.2) is 4.39 Å². The van der Waals surface area contributed by atoms with Crippen LogP contribution in [0.2, 0.25) is 0 Å². The Morgan fingerprint density at radius 2 is 0.408 bits per heavy atom. The third-order valence-electron chi connectivity index (χ3n) is 6.96. The first-order valence-electron chi connectivity index (χ1n) is 18.9. The molecule has 0 heterocycles. The maximum Gasteiger partial charge on any atom is 0.113 e. The zero-order chi connectivity index (χ0) is 35.2. The maximum atomic E-state index is 11.8. The first-order valence-corrected chi connectivity index (χ1v) is 18.9. The van der Waals surface area contributed by atoms with Crippen molar-refractivity contribution >= 4 is 0 Å². The summed E-state index contributed by atoms with van der Waals surface area (Å²) >= 11 is 0. The number of halogens is 1. The van der Waals surface area contributed by atoms with Gasteiger partial charge in [0.1, 0.15) is 6.67 Å². The molecule has 0 amide bonds. The zero-order valence-electron chi connectivity index (χ0n) is 31.0. The Labute approximate surface area is 297 Å². The molecule has 0 aromatic carbocycles. The van der Waals surface area contributed by atoms with Crippen LogP contribution in [0, 0.1) is 0 Å². The molecule has 0 N–H and O–H groups in total. The zero-order valence-corrected chi connectivity index (χ0v) is 31.0. The van der Waals surface area contributed by atoms with E-state index in [1.54, 1.807) is 0 Å². The molecule has 0 aliphatic carbocycles. The first-order chi connectivity index (χ1) is 24.4. The van der Waals surface area contributed by atoms with E-state index in [0.29, 0.717) is 145 Å². The molecule has 0 rings (SSSR count). The van der Waals surface area contributed by atoms with Crippen molar-refractivity contribution < 1.29 is 61.2 Å². The van der Waals surface area contributed by atoms with Crippen LogP contribution in [0.3, 0.4) is 0 Å². The topological polar surface area (TPSA) is 111 Å². The van der Waals surface area contributed by atoms with E-state index in [1.807, 2.05) is 0 Å². The van der Waals surface area contributed by atoms with Crippen molar-refractivity contribution in [3.8, 4) is 0 Å². The lowest BCUT2D eigenvalue weighted by Gasteiger charge is -2.09. The number of hydrogen-bond donors (Lipinski definition) is 0. The Bertz CT molecular complexity index is 522. The van der Waals surface area contributed by atoms with Gasteiger partial charge in [-0.05, 0) is 6.42 Å². The molecule has 0 bridgehead atoms. The van der Waals surface area contributed by atoms with Gasteiger partial charge in [0.05, 0.1) is 152 Å². The Morgan fingerprint density at radius 1 is 0.224 bits per heavy atom. The standard InChI is InChI=1S/C36H73FO12/c1-2-3-4-5-6-7-8-9-10-11-13-38-15-17-40-19-21-42-23-25-44-27-29-46-31-33-48-35-36-49-34-32-47-30-28-45-26-24-43-22-20-41-18-16-39-14-12-37/h2-36H2,1H3. The van der Waals surface area contributed by atoms with Crippen LogP contribution in [0.15, 0.2) is 0 Å². The van der Waals surface area contributed by atoms with Gasteiger partial charge in [-0.1, -0.05) is 64.7 Å². The van der Waals surface area contributed by atoms with Crippen molar-refractivity contribution in [1.82, 2.24) is 0 Å². The summed E-state index contributed by atoms with van der Waals surface area (Å²) in [5, 5.41) is 0. The van der Waals surface area contributed by atoms with Crippen LogP contribution in [-0.2, 0) is 56.8 Å². The van der Waals surface area contributed by atoms with Gasteiger partial charge in [0.2, 0.25) is 0 Å². The number of unbranched alkanes of at least 4 members (excludes halogenated alkanes) is 9. The third-order valence-corrected chi connectivity index (χ3v) is 6.96. The van der Waals surface area contributed by atoms with Crippen molar-refractivity contribution in [3.05, 3.63) is 0 Å². The Hall–Kier alpha value is -0.550. The molecule has 13 heteroatoms. The van der Waals surface area contributed by atoms with Crippen molar-refractivity contribution in [2.45, 2.75) is 71.1 Å². The predicted molar refractivity (Wildman–Crippen MR) is 188 cm³/mol. The fourth-order valence-corrected chi connectivity index (χ4v) is 4.27. The molecule has 0 fully saturated rings. The Morgan fingerprint density at radius 3 is 0.633 bits per heavy atom. The lowest BCUT2D eigenvalue weighted by Crippen LogP contribution is -2.15. The summed E-state index contributed by atoms with van der Waals surface area (Å²) < 4.78 is 77.1. The summed E-state index contributed by atoms with van der Waals surface area (Å²) in [5.74, 6) is 0. The van der Waals surface area contributed by atoms with E-state index in [2.05, 4.69) is 6.92 Å². The monoisotopic (exact) mass is 717 g/mol. The van der Waals surface area contributed by atoms with E-state index < -0.39 is 6.67 Å². The van der Waals surface area contributed by atoms with Crippen LogP contribution in [-0.4, -0.2) is 165 Å². The lowest BCUT2D eigenvalue weighted by molar-refractivity contribution is -0.0284. The number of hydrogen-bond acceptors (Lipinski definition) is 12. The summed E-state index contributed by atoms with van der Waals surface area (Å²) in [4.78, 5) is 0. The second-order valence-electron chi connectivity index (χ2n) is 11.2. The minimum atomic E-state index is -0.473. The fraction of sp³-hybridized carbons (Fsp3) is 1.00. The second-order valence-corrected chi connectivity index (χ2v) is 11.2. The van der Waals surface area contributed by atoms with Gasteiger partial charge in [0.25, 0.3) is 0 Å². The Balaban J connectivity index is 3.04. The normalized spacial score (nSPS) is 11.6. The van der Waals surface area contributed by atoms with E-state index in [4.69, 9.17) is 56.8 Å². The summed E-state index contributed by atoms with van der Waals surface area (Å²) in [6.45, 7) is 14.1. The van der Waals surface area contributed by atoms with Crippen molar-refractivity contribution in [1.29, 1.82) is 0 Å². The van der Waals surface area contributed by atoms with Crippen molar-refractivity contribution in [3.63, 3.8) is 0 Å². The van der Waals surface area contributed by atoms with E-state index in [1.165, 1.54) is 57.8 Å². The van der Waals surface area contributed by atoms with Crippen LogP contribution in [0.25, 0.3) is 0 Å². The van der Waals surface area contributed by atoms with Crippen LogP contribution >= 0.6 is 0 Å². The average molecular weight is 717 g/mol. The molecule has 0 aromatic heterocycles. The highest BCUT2D eigenvalue weighted by Crippen LogP contribution is 2.10. The van der Waals surface area contributed by atoms with E-state index >= 15 is 0 Å². The van der Waals surface area contributed by atoms with Crippen LogP contribution < -0.4 is 0 Å². The van der Waals surface area contributed by atoms with Gasteiger partial charge in [-0.2, -0.15) is 0 Å². The van der Waals surface area contributed by atoms with Crippen LogP contribution in [0.4, 0.5) is 4.39 Å². The smallest absolute Gasteiger partial charge is 0.113 e. The Kier molecular flexibility index (Phi) is 46.9. The molecule has 49 heavy (non-hydrogen) atoms. The molecular formula is C36H73FO12. The molecule has 12 nitrogen and oxygen atoms in total. The van der Waals surface area contributed by atoms with Crippen molar-refractivity contribution in [2.24, 2.45) is 0 Å². The van der Waals surface area contributed by atoms with Crippen LogP contribution in [0.1, 0.15) is 71.1 Å². The fourth-order valence-electron chi connectivity index (χ4n) is 4.27. The van der Waals surface area contributed by atoms with E-state index in [-0.39, 0.29) is 6.61 Å². The summed E-state index contributed by atoms with van der Waals surface area (Å²) in [7, 11) is 0. The molecule has 0 aromatic rings. The molecule has 296 valence electrons. The van der Waals surface area contributed by atoms with E-state index in [9.17, 15) is 4.39 Å².